The van der Waals surface area contributed by atoms with Crippen LogP contribution in [0.3, 0.4) is 0 Å². The lowest BCUT2D eigenvalue weighted by molar-refractivity contribution is -0.148. The molecule has 1 saturated heterocycles. The van der Waals surface area contributed by atoms with Crippen molar-refractivity contribution in [1.29, 1.82) is 0 Å². The molecule has 17 heavy (non-hydrogen) atoms. The van der Waals surface area contributed by atoms with Gasteiger partial charge in [-0.2, -0.15) is 0 Å². The van der Waals surface area contributed by atoms with Gasteiger partial charge in [-0.25, -0.2) is 0 Å². The number of rotatable bonds is 3. The predicted octanol–water partition coefficient (Wildman–Crippen LogP) is 0.900. The average Bonchev–Trinajstić information content (AvgIpc) is 2.76. The van der Waals surface area contributed by atoms with Gasteiger partial charge in [-0.15, -0.1) is 10.2 Å². The number of carbonyl (C=O) groups is 1. The zero-order chi connectivity index (χ0) is 12.3. The second-order valence-electron chi connectivity index (χ2n) is 3.96. The summed E-state index contributed by atoms with van der Waals surface area (Å²) in [5.41, 5.74) is 5.55. The Bertz CT molecular complexity index is 395. The molecule has 0 radical (unpaired) electrons. The molecule has 2 heterocycles. The van der Waals surface area contributed by atoms with Gasteiger partial charge in [0.2, 0.25) is 10.3 Å². The van der Waals surface area contributed by atoms with Crippen LogP contribution in [-0.2, 0) is 9.53 Å². The first-order chi connectivity index (χ1) is 8.20. The quantitative estimate of drug-likeness (QED) is 0.809. The highest BCUT2D eigenvalue weighted by molar-refractivity contribution is 7.18. The zero-order valence-electron chi connectivity index (χ0n) is 9.76. The Morgan fingerprint density at radius 1 is 1.65 bits per heavy atom. The molecule has 2 rings (SSSR count). The average molecular weight is 256 g/mol. The van der Waals surface area contributed by atoms with Crippen LogP contribution in [0.5, 0.6) is 0 Å². The molecule has 0 aromatic carbocycles. The minimum absolute atomic E-state index is 0.0613. The van der Waals surface area contributed by atoms with Crippen molar-refractivity contribution < 1.29 is 9.53 Å². The van der Waals surface area contributed by atoms with Gasteiger partial charge in [-0.05, 0) is 19.8 Å². The third-order valence-corrected chi connectivity index (χ3v) is 3.56. The summed E-state index contributed by atoms with van der Waals surface area (Å²) in [4.78, 5) is 13.7. The molecular formula is C10H16N4O2S. The summed E-state index contributed by atoms with van der Waals surface area (Å²) in [6, 6.07) is 0. The number of esters is 1. The highest BCUT2D eigenvalue weighted by Crippen LogP contribution is 2.27. The molecule has 0 spiro atoms. The summed E-state index contributed by atoms with van der Waals surface area (Å²) >= 11 is 1.35. The SMILES string of the molecule is CCOC(=O)C1CCCN(c2nnc(N)s2)C1. The molecule has 1 unspecified atom stereocenters. The molecular weight excluding hydrogens is 240 g/mol. The van der Waals surface area contributed by atoms with Gasteiger partial charge >= 0.3 is 5.97 Å². The van der Waals surface area contributed by atoms with Gasteiger partial charge in [0.25, 0.3) is 0 Å². The van der Waals surface area contributed by atoms with Crippen LogP contribution >= 0.6 is 11.3 Å². The third-order valence-electron chi connectivity index (χ3n) is 2.74. The normalized spacial score (nSPS) is 20.3. The molecule has 0 aliphatic carbocycles. The van der Waals surface area contributed by atoms with Crippen LogP contribution in [-0.4, -0.2) is 35.9 Å². The van der Waals surface area contributed by atoms with E-state index >= 15 is 0 Å². The second-order valence-corrected chi connectivity index (χ2v) is 4.95. The summed E-state index contributed by atoms with van der Waals surface area (Å²) in [6.45, 7) is 3.79. The Labute approximate surface area is 104 Å². The van der Waals surface area contributed by atoms with Crippen molar-refractivity contribution in [3.63, 3.8) is 0 Å². The highest BCUT2D eigenvalue weighted by atomic mass is 32.1. The van der Waals surface area contributed by atoms with E-state index in [1.807, 2.05) is 6.92 Å². The molecule has 1 aliphatic rings. The van der Waals surface area contributed by atoms with Crippen molar-refractivity contribution in [3.05, 3.63) is 0 Å². The summed E-state index contributed by atoms with van der Waals surface area (Å²) in [5, 5.41) is 9.03. The number of carbonyl (C=O) groups excluding carboxylic acids is 1. The maximum atomic E-state index is 11.7. The van der Waals surface area contributed by atoms with Gasteiger partial charge in [0.15, 0.2) is 0 Å². The molecule has 1 atom stereocenters. The lowest BCUT2D eigenvalue weighted by atomic mass is 9.99. The van der Waals surface area contributed by atoms with Crippen LogP contribution in [0.15, 0.2) is 0 Å². The van der Waals surface area contributed by atoms with E-state index in [0.29, 0.717) is 18.3 Å². The molecule has 1 aromatic rings. The Balaban J connectivity index is 1.99. The predicted molar refractivity (Wildman–Crippen MR) is 65.9 cm³/mol. The van der Waals surface area contributed by atoms with Crippen LogP contribution in [0, 0.1) is 5.92 Å². The van der Waals surface area contributed by atoms with Gasteiger partial charge in [-0.3, -0.25) is 4.79 Å². The fraction of sp³-hybridized carbons (Fsp3) is 0.700. The highest BCUT2D eigenvalue weighted by Gasteiger charge is 2.28. The third kappa shape index (κ3) is 2.85. The lowest BCUT2D eigenvalue weighted by Crippen LogP contribution is -2.39. The van der Waals surface area contributed by atoms with Gasteiger partial charge in [0.05, 0.1) is 12.5 Å². The van der Waals surface area contributed by atoms with Crippen LogP contribution in [0.25, 0.3) is 0 Å². The van der Waals surface area contributed by atoms with Crippen molar-refractivity contribution in [2.75, 3.05) is 30.3 Å². The number of piperidine rings is 1. The first kappa shape index (κ1) is 12.1. The van der Waals surface area contributed by atoms with E-state index in [9.17, 15) is 4.79 Å². The van der Waals surface area contributed by atoms with E-state index in [1.165, 1.54) is 11.3 Å². The van der Waals surface area contributed by atoms with E-state index in [2.05, 4.69) is 15.1 Å². The number of anilines is 2. The molecule has 2 N–H and O–H groups in total. The Morgan fingerprint density at radius 2 is 2.47 bits per heavy atom. The van der Waals surface area contributed by atoms with Crippen molar-refractivity contribution in [1.82, 2.24) is 10.2 Å². The first-order valence-electron chi connectivity index (χ1n) is 5.71. The van der Waals surface area contributed by atoms with Gasteiger partial charge in [-0.1, -0.05) is 11.3 Å². The fourth-order valence-electron chi connectivity index (χ4n) is 1.96. The van der Waals surface area contributed by atoms with Crippen molar-refractivity contribution in [2.24, 2.45) is 5.92 Å². The van der Waals surface area contributed by atoms with Crippen LogP contribution in [0.2, 0.25) is 0 Å². The smallest absolute Gasteiger partial charge is 0.310 e. The first-order valence-corrected chi connectivity index (χ1v) is 6.53. The maximum Gasteiger partial charge on any atom is 0.310 e. The number of aromatic nitrogens is 2. The van der Waals surface area contributed by atoms with Gasteiger partial charge < -0.3 is 15.4 Å². The van der Waals surface area contributed by atoms with E-state index in [1.54, 1.807) is 0 Å². The summed E-state index contributed by atoms with van der Waals surface area (Å²) < 4.78 is 5.05. The van der Waals surface area contributed by atoms with E-state index in [-0.39, 0.29) is 11.9 Å². The van der Waals surface area contributed by atoms with Crippen LogP contribution in [0.1, 0.15) is 19.8 Å². The molecule has 0 amide bonds. The summed E-state index contributed by atoms with van der Waals surface area (Å²) in [5.74, 6) is -0.177. The van der Waals surface area contributed by atoms with Gasteiger partial charge in [0.1, 0.15) is 0 Å². The summed E-state index contributed by atoms with van der Waals surface area (Å²) in [6.07, 6.45) is 1.84. The van der Waals surface area contributed by atoms with Crippen LogP contribution in [0.4, 0.5) is 10.3 Å². The number of nitrogens with two attached hydrogens (primary N) is 1. The molecule has 1 aromatic heterocycles. The van der Waals surface area contributed by atoms with Crippen molar-refractivity contribution in [3.8, 4) is 0 Å². The minimum atomic E-state index is -0.116. The molecule has 6 nitrogen and oxygen atoms in total. The maximum absolute atomic E-state index is 11.7. The molecule has 1 fully saturated rings. The van der Waals surface area contributed by atoms with E-state index in [4.69, 9.17) is 10.5 Å². The molecule has 7 heteroatoms. The van der Waals surface area contributed by atoms with Crippen molar-refractivity contribution in [2.45, 2.75) is 19.8 Å². The van der Waals surface area contributed by atoms with Crippen LogP contribution < -0.4 is 10.6 Å². The van der Waals surface area contributed by atoms with Gasteiger partial charge in [0, 0.05) is 13.1 Å². The monoisotopic (exact) mass is 256 g/mol. The van der Waals surface area contributed by atoms with E-state index < -0.39 is 0 Å². The number of ether oxygens (including phenoxy) is 1. The molecule has 0 bridgehead atoms. The topological polar surface area (TPSA) is 81.3 Å². The summed E-state index contributed by atoms with van der Waals surface area (Å²) in [7, 11) is 0. The standard InChI is InChI=1S/C10H16N4O2S/c1-2-16-8(15)7-4-3-5-14(6-7)10-13-12-9(11)17-10/h7H,2-6H2,1H3,(H2,11,12). The number of hydrogen-bond acceptors (Lipinski definition) is 7. The van der Waals surface area contributed by atoms with Crippen molar-refractivity contribution >= 4 is 27.6 Å². The Hall–Kier alpha value is -1.37. The number of nitrogens with zero attached hydrogens (tertiary/aromatic N) is 3. The van der Waals surface area contributed by atoms with E-state index in [0.717, 1.165) is 24.5 Å². The fourth-order valence-corrected chi connectivity index (χ4v) is 2.60. The molecule has 0 saturated carbocycles. The minimum Gasteiger partial charge on any atom is -0.466 e. The second kappa shape index (κ2) is 5.31. The number of hydrogen-bond donors (Lipinski definition) is 1. The largest absolute Gasteiger partial charge is 0.466 e. The Morgan fingerprint density at radius 3 is 3.12 bits per heavy atom. The molecule has 94 valence electrons. The zero-order valence-corrected chi connectivity index (χ0v) is 10.6. The number of nitrogen functional groups attached to an aromatic ring is 1. The Kier molecular flexibility index (Phi) is 3.78. The molecule has 1 aliphatic heterocycles. The lowest BCUT2D eigenvalue weighted by Gasteiger charge is -2.30.